The summed E-state index contributed by atoms with van der Waals surface area (Å²) in [7, 11) is -3.79. The highest BCUT2D eigenvalue weighted by Gasteiger charge is 2.35. The number of likely N-dealkylation sites (tertiary alicyclic amines) is 1. The first-order valence-corrected chi connectivity index (χ1v) is 11.2. The van der Waals surface area contributed by atoms with Gasteiger partial charge in [0.25, 0.3) is 10.0 Å². The van der Waals surface area contributed by atoms with Gasteiger partial charge in [-0.1, -0.05) is 41.4 Å². The van der Waals surface area contributed by atoms with Gasteiger partial charge in [-0.25, -0.2) is 19.3 Å². The Balaban J connectivity index is 1.56. The second kappa shape index (κ2) is 8.16. The molecule has 4 N–H and O–H groups in total. The highest BCUT2D eigenvalue weighted by atomic mass is 35.5. The number of benzene rings is 2. The highest BCUT2D eigenvalue weighted by Crippen LogP contribution is 2.28. The molecule has 7 nitrogen and oxygen atoms in total. The molecule has 2 aromatic rings. The fraction of sp³-hybridized carbons (Fsp3) is 0.333. The van der Waals surface area contributed by atoms with Gasteiger partial charge in [0.15, 0.2) is 0 Å². The Hall–Kier alpha value is -1.39. The molecule has 2 aliphatic heterocycles. The zero-order valence-corrected chi connectivity index (χ0v) is 17.3. The molecule has 0 aromatic heterocycles. The molecule has 2 aliphatic rings. The molecule has 0 bridgehead atoms. The van der Waals surface area contributed by atoms with Crippen LogP contribution in [0.3, 0.4) is 0 Å². The lowest BCUT2D eigenvalue weighted by molar-refractivity contribution is 0.115. The number of nitrogens with one attached hydrogen (secondary N) is 4. The van der Waals surface area contributed by atoms with Crippen LogP contribution in [-0.2, 0) is 16.6 Å². The van der Waals surface area contributed by atoms with E-state index in [1.807, 2.05) is 18.2 Å². The average Bonchev–Trinajstić information content (AvgIpc) is 3.15. The summed E-state index contributed by atoms with van der Waals surface area (Å²) in [6.07, 6.45) is 2.33. The van der Waals surface area contributed by atoms with Crippen LogP contribution < -0.4 is 21.1 Å². The number of hydrazine groups is 2. The molecular weight excluding hydrogens is 421 g/mol. The van der Waals surface area contributed by atoms with Crippen LogP contribution in [0.2, 0.25) is 10.0 Å². The molecule has 0 aliphatic carbocycles. The van der Waals surface area contributed by atoms with Crippen molar-refractivity contribution in [1.29, 1.82) is 0 Å². The molecule has 150 valence electrons. The van der Waals surface area contributed by atoms with Gasteiger partial charge in [-0.2, -0.15) is 5.53 Å². The van der Waals surface area contributed by atoms with E-state index in [1.165, 1.54) is 18.2 Å². The Morgan fingerprint density at radius 2 is 1.93 bits per heavy atom. The zero-order chi connectivity index (χ0) is 19.7. The maximum absolute atomic E-state index is 12.8. The molecule has 2 saturated heterocycles. The van der Waals surface area contributed by atoms with Crippen LogP contribution in [0.15, 0.2) is 47.4 Å². The van der Waals surface area contributed by atoms with Crippen LogP contribution in [0, 0.1) is 0 Å². The fourth-order valence-electron chi connectivity index (χ4n) is 3.62. The van der Waals surface area contributed by atoms with E-state index in [0.717, 1.165) is 24.9 Å². The largest absolute Gasteiger partial charge is 0.281 e. The molecule has 0 spiro atoms. The third kappa shape index (κ3) is 4.13. The number of fused-ring (bicyclic) bond motifs is 1. The van der Waals surface area contributed by atoms with Crippen molar-refractivity contribution >= 4 is 38.9 Å². The van der Waals surface area contributed by atoms with E-state index >= 15 is 0 Å². The monoisotopic (exact) mass is 441 g/mol. The summed E-state index contributed by atoms with van der Waals surface area (Å²) in [5, 5.41) is 0.511. The second-order valence-electron chi connectivity index (χ2n) is 6.92. The van der Waals surface area contributed by atoms with E-state index in [4.69, 9.17) is 23.2 Å². The molecule has 2 atom stereocenters. The summed E-state index contributed by atoms with van der Waals surface area (Å²) in [5.74, 6) is 0. The standard InChI is InChI=1S/C18H21Cl2N5O2S/c19-14-8-7-13(10-15(14)20)28(26,27)23-16-5-2-1-4-12(16)11-25-9-3-6-17-18(25)22-24-21-17/h1-2,4-5,7-8,10,17-18,21-24H,3,6,9,11H2. The zero-order valence-electron chi connectivity index (χ0n) is 15.0. The molecule has 0 saturated carbocycles. The Labute approximate surface area is 174 Å². The Bertz CT molecular complexity index is 972. The van der Waals surface area contributed by atoms with Gasteiger partial charge in [0, 0.05) is 13.1 Å². The second-order valence-corrected chi connectivity index (χ2v) is 9.41. The van der Waals surface area contributed by atoms with Crippen molar-refractivity contribution in [3.05, 3.63) is 58.1 Å². The van der Waals surface area contributed by atoms with Gasteiger partial charge >= 0.3 is 0 Å². The third-order valence-corrected chi connectivity index (χ3v) is 7.15. The number of hydrogen-bond donors (Lipinski definition) is 4. The number of nitrogens with zero attached hydrogens (tertiary/aromatic N) is 1. The quantitative estimate of drug-likeness (QED) is 0.570. The van der Waals surface area contributed by atoms with Crippen LogP contribution in [0.5, 0.6) is 0 Å². The van der Waals surface area contributed by atoms with Crippen molar-refractivity contribution in [2.24, 2.45) is 0 Å². The maximum atomic E-state index is 12.8. The van der Waals surface area contributed by atoms with Crippen LogP contribution in [0.4, 0.5) is 5.69 Å². The van der Waals surface area contributed by atoms with Crippen LogP contribution >= 0.6 is 23.2 Å². The number of para-hydroxylation sites is 1. The number of halogens is 2. The lowest BCUT2D eigenvalue weighted by Gasteiger charge is -2.36. The summed E-state index contributed by atoms with van der Waals surface area (Å²) in [6.45, 7) is 1.56. The third-order valence-electron chi connectivity index (χ3n) is 5.05. The van der Waals surface area contributed by atoms with Gasteiger partial charge < -0.3 is 0 Å². The topological polar surface area (TPSA) is 85.5 Å². The molecule has 2 heterocycles. The Morgan fingerprint density at radius 1 is 1.11 bits per heavy atom. The minimum atomic E-state index is -3.79. The highest BCUT2D eigenvalue weighted by molar-refractivity contribution is 7.92. The van der Waals surface area contributed by atoms with Gasteiger partial charge in [0.05, 0.1) is 32.8 Å². The molecule has 0 amide bonds. The first kappa shape index (κ1) is 19.9. The first-order valence-electron chi connectivity index (χ1n) is 9.00. The van der Waals surface area contributed by atoms with Gasteiger partial charge in [0.1, 0.15) is 0 Å². The molecule has 28 heavy (non-hydrogen) atoms. The normalized spacial score (nSPS) is 22.8. The first-order chi connectivity index (χ1) is 13.4. The molecule has 4 rings (SSSR count). The molecule has 2 unspecified atom stereocenters. The van der Waals surface area contributed by atoms with Gasteiger partial charge in [-0.05, 0) is 42.7 Å². The number of rotatable bonds is 5. The molecule has 2 aromatic carbocycles. The van der Waals surface area contributed by atoms with Gasteiger partial charge in [-0.3, -0.25) is 9.62 Å². The lowest BCUT2D eigenvalue weighted by Crippen LogP contribution is -2.52. The van der Waals surface area contributed by atoms with Gasteiger partial charge in [-0.15, -0.1) is 0 Å². The number of sulfonamides is 1. The van der Waals surface area contributed by atoms with E-state index in [9.17, 15) is 8.42 Å². The molecule has 0 radical (unpaired) electrons. The van der Waals surface area contributed by atoms with E-state index in [0.29, 0.717) is 23.3 Å². The van der Waals surface area contributed by atoms with E-state index < -0.39 is 10.0 Å². The summed E-state index contributed by atoms with van der Waals surface area (Å²) in [4.78, 5) is 2.37. The molecule has 2 fully saturated rings. The van der Waals surface area contributed by atoms with E-state index in [-0.39, 0.29) is 16.1 Å². The summed E-state index contributed by atoms with van der Waals surface area (Å²) >= 11 is 11.9. The lowest BCUT2D eigenvalue weighted by atomic mass is 10.0. The van der Waals surface area contributed by atoms with Crippen molar-refractivity contribution in [1.82, 2.24) is 21.3 Å². The maximum Gasteiger partial charge on any atom is 0.261 e. The van der Waals surface area contributed by atoms with Crippen molar-refractivity contribution < 1.29 is 8.42 Å². The minimum absolute atomic E-state index is 0.0700. The smallest absolute Gasteiger partial charge is 0.261 e. The van der Waals surface area contributed by atoms with Crippen molar-refractivity contribution in [2.75, 3.05) is 11.3 Å². The molecular formula is C18H21Cl2N5O2S. The summed E-state index contributed by atoms with van der Waals surface area (Å²) in [5.41, 5.74) is 10.9. The van der Waals surface area contributed by atoms with E-state index in [1.54, 1.807) is 6.07 Å². The summed E-state index contributed by atoms with van der Waals surface area (Å²) < 4.78 is 28.4. The fourth-order valence-corrected chi connectivity index (χ4v) is 5.11. The SMILES string of the molecule is O=S(=O)(Nc1ccccc1CN1CCCC2NNNC21)c1ccc(Cl)c(Cl)c1. The van der Waals surface area contributed by atoms with Crippen LogP contribution in [0.25, 0.3) is 0 Å². The average molecular weight is 442 g/mol. The number of hydrogen-bond acceptors (Lipinski definition) is 6. The van der Waals surface area contributed by atoms with Crippen LogP contribution in [-0.4, -0.2) is 32.1 Å². The van der Waals surface area contributed by atoms with Crippen molar-refractivity contribution in [3.63, 3.8) is 0 Å². The Kier molecular flexibility index (Phi) is 5.80. The molecule has 10 heteroatoms. The predicted molar refractivity (Wildman–Crippen MR) is 110 cm³/mol. The van der Waals surface area contributed by atoms with Crippen molar-refractivity contribution in [2.45, 2.75) is 36.5 Å². The van der Waals surface area contributed by atoms with E-state index in [2.05, 4.69) is 26.0 Å². The number of anilines is 1. The van der Waals surface area contributed by atoms with Crippen LogP contribution in [0.1, 0.15) is 18.4 Å². The predicted octanol–water partition coefficient (Wildman–Crippen LogP) is 2.70. The minimum Gasteiger partial charge on any atom is -0.281 e. The number of piperidine rings is 1. The van der Waals surface area contributed by atoms with Crippen molar-refractivity contribution in [3.8, 4) is 0 Å². The Morgan fingerprint density at radius 3 is 2.75 bits per heavy atom. The van der Waals surface area contributed by atoms with Gasteiger partial charge in [0.2, 0.25) is 0 Å². The summed E-state index contributed by atoms with van der Waals surface area (Å²) in [6, 6.07) is 12.0.